The lowest BCUT2D eigenvalue weighted by molar-refractivity contribution is -0.128. The predicted molar refractivity (Wildman–Crippen MR) is 97.4 cm³/mol. The van der Waals surface area contributed by atoms with Crippen LogP contribution in [0.2, 0.25) is 0 Å². The molecule has 2 aromatic heterocycles. The summed E-state index contributed by atoms with van der Waals surface area (Å²) < 4.78 is 1.87. The van der Waals surface area contributed by atoms with Gasteiger partial charge in [-0.25, -0.2) is 0 Å². The Morgan fingerprint density at radius 2 is 2.20 bits per heavy atom. The van der Waals surface area contributed by atoms with Crippen molar-refractivity contribution >= 4 is 23.3 Å². The van der Waals surface area contributed by atoms with Crippen LogP contribution in [0.5, 0.6) is 0 Å². The first kappa shape index (κ1) is 16.3. The fourth-order valence-corrected chi connectivity index (χ4v) is 4.70. The number of nitrogens with zero attached hydrogens (tertiary/aromatic N) is 2. The van der Waals surface area contributed by atoms with Crippen molar-refractivity contribution in [1.29, 1.82) is 0 Å². The highest BCUT2D eigenvalue weighted by Gasteiger charge is 2.35. The van der Waals surface area contributed by atoms with E-state index in [-0.39, 0.29) is 24.0 Å². The van der Waals surface area contributed by atoms with E-state index in [9.17, 15) is 9.59 Å². The Morgan fingerprint density at radius 3 is 3.00 bits per heavy atom. The number of likely N-dealkylation sites (tertiary alicyclic amines) is 1. The van der Waals surface area contributed by atoms with Crippen LogP contribution in [0.1, 0.15) is 28.5 Å². The number of fused-ring (bicyclic) bond motifs is 4. The number of pyridine rings is 1. The summed E-state index contributed by atoms with van der Waals surface area (Å²) in [5.41, 5.74) is 1.98. The van der Waals surface area contributed by atoms with Crippen molar-refractivity contribution in [2.75, 3.05) is 13.1 Å². The van der Waals surface area contributed by atoms with Gasteiger partial charge in [-0.3, -0.25) is 9.59 Å². The molecule has 0 aromatic carbocycles. The summed E-state index contributed by atoms with van der Waals surface area (Å²) >= 11 is 1.52. The summed E-state index contributed by atoms with van der Waals surface area (Å²) in [6, 6.07) is 7.32. The van der Waals surface area contributed by atoms with E-state index in [1.165, 1.54) is 11.3 Å². The van der Waals surface area contributed by atoms with E-state index in [2.05, 4.69) is 0 Å². The zero-order valence-corrected chi connectivity index (χ0v) is 14.6. The molecule has 0 saturated carbocycles. The summed E-state index contributed by atoms with van der Waals surface area (Å²) in [6.45, 7) is 2.08. The van der Waals surface area contributed by atoms with Crippen LogP contribution < -0.4 is 5.56 Å². The molecule has 4 rings (SSSR count). The zero-order chi connectivity index (χ0) is 17.4. The van der Waals surface area contributed by atoms with E-state index in [0.29, 0.717) is 25.6 Å². The average Bonchev–Trinajstić information content (AvgIpc) is 3.08. The Labute approximate surface area is 149 Å². The fraction of sp³-hybridized carbons (Fsp3) is 0.368. The Morgan fingerprint density at radius 1 is 1.32 bits per heavy atom. The van der Waals surface area contributed by atoms with Gasteiger partial charge in [-0.15, -0.1) is 11.3 Å². The van der Waals surface area contributed by atoms with E-state index in [4.69, 9.17) is 5.11 Å². The largest absolute Gasteiger partial charge is 0.392 e. The second-order valence-electron chi connectivity index (χ2n) is 6.79. The molecule has 25 heavy (non-hydrogen) atoms. The molecule has 1 saturated heterocycles. The van der Waals surface area contributed by atoms with Gasteiger partial charge in [0.1, 0.15) is 0 Å². The van der Waals surface area contributed by atoms with Gasteiger partial charge in [0.15, 0.2) is 0 Å². The number of rotatable bonds is 3. The third-order valence-electron chi connectivity index (χ3n) is 5.04. The molecule has 2 aromatic rings. The number of hydrogen-bond donors (Lipinski definition) is 1. The first-order valence-corrected chi connectivity index (χ1v) is 9.37. The van der Waals surface area contributed by atoms with Crippen LogP contribution in [-0.4, -0.2) is 33.6 Å². The molecule has 0 spiro atoms. The summed E-state index contributed by atoms with van der Waals surface area (Å²) in [5, 5.41) is 11.0. The molecule has 130 valence electrons. The van der Waals surface area contributed by atoms with Gasteiger partial charge < -0.3 is 14.6 Å². The summed E-state index contributed by atoms with van der Waals surface area (Å²) in [4.78, 5) is 27.5. The molecule has 5 nitrogen and oxygen atoms in total. The van der Waals surface area contributed by atoms with Gasteiger partial charge >= 0.3 is 0 Å². The van der Waals surface area contributed by atoms with Gasteiger partial charge in [0, 0.05) is 48.3 Å². The van der Waals surface area contributed by atoms with Gasteiger partial charge in [0.2, 0.25) is 5.91 Å². The van der Waals surface area contributed by atoms with Crippen LogP contribution in [0.4, 0.5) is 0 Å². The van der Waals surface area contributed by atoms with Crippen molar-refractivity contribution in [2.45, 2.75) is 25.5 Å². The number of hydrogen-bond acceptors (Lipinski definition) is 4. The molecule has 2 aliphatic rings. The molecular formula is C19H20N2O3S. The standard InChI is InChI=1S/C19H20N2O3S/c22-11-14-7-16(25-12-14)4-5-18(23)20-8-13-6-15(10-20)17-2-1-3-19(24)21(17)9-13/h1-5,7,12-13,15,22H,6,8-11H2/b5-4+/t13-,15+/m0/s1. The second kappa shape index (κ2) is 6.61. The molecule has 1 N–H and O–H groups in total. The number of aromatic nitrogens is 1. The highest BCUT2D eigenvalue weighted by atomic mass is 32.1. The first-order valence-electron chi connectivity index (χ1n) is 8.49. The minimum atomic E-state index is 0.0142. The van der Waals surface area contributed by atoms with Gasteiger partial charge in [-0.1, -0.05) is 6.07 Å². The van der Waals surface area contributed by atoms with Crippen molar-refractivity contribution in [3.05, 3.63) is 62.2 Å². The number of aliphatic hydroxyl groups excluding tert-OH is 1. The van der Waals surface area contributed by atoms with Crippen LogP contribution in [0.25, 0.3) is 6.08 Å². The smallest absolute Gasteiger partial charge is 0.250 e. The second-order valence-corrected chi connectivity index (χ2v) is 7.73. The SMILES string of the molecule is O=C(/C=C/c1cc(CO)cs1)N1C[C@@H]2C[C@H](C1)c1cccc(=O)n1C2. The third kappa shape index (κ3) is 3.19. The van der Waals surface area contributed by atoms with Crippen molar-refractivity contribution in [3.8, 4) is 0 Å². The Bertz CT molecular complexity index is 883. The van der Waals surface area contributed by atoms with Gasteiger partial charge in [0.05, 0.1) is 6.61 Å². The number of aliphatic hydroxyl groups is 1. The number of carbonyl (C=O) groups excluding carboxylic acids is 1. The molecule has 2 atom stereocenters. The molecule has 1 fully saturated rings. The van der Waals surface area contributed by atoms with Crippen molar-refractivity contribution < 1.29 is 9.90 Å². The topological polar surface area (TPSA) is 62.5 Å². The van der Waals surface area contributed by atoms with Crippen molar-refractivity contribution in [1.82, 2.24) is 9.47 Å². The molecule has 6 heteroatoms. The number of carbonyl (C=O) groups is 1. The maximum absolute atomic E-state index is 12.6. The molecule has 0 radical (unpaired) electrons. The number of thiophene rings is 1. The lowest BCUT2D eigenvalue weighted by atomic mass is 9.83. The van der Waals surface area contributed by atoms with Crippen molar-refractivity contribution in [3.63, 3.8) is 0 Å². The van der Waals surface area contributed by atoms with Crippen LogP contribution >= 0.6 is 11.3 Å². The summed E-state index contributed by atoms with van der Waals surface area (Å²) in [6.07, 6.45) is 4.48. The van der Waals surface area contributed by atoms with Gasteiger partial charge in [-0.05, 0) is 41.5 Å². The van der Waals surface area contributed by atoms with Crippen LogP contribution in [-0.2, 0) is 17.9 Å². The molecule has 1 amide bonds. The number of piperidine rings is 1. The Hall–Kier alpha value is -2.18. The predicted octanol–water partition coefficient (Wildman–Crippen LogP) is 2.06. The summed E-state index contributed by atoms with van der Waals surface area (Å²) in [5.74, 6) is 0.591. The maximum Gasteiger partial charge on any atom is 0.250 e. The lowest BCUT2D eigenvalue weighted by Crippen LogP contribution is -2.48. The molecule has 2 aliphatic heterocycles. The average molecular weight is 356 g/mol. The van der Waals surface area contributed by atoms with Crippen LogP contribution in [0.15, 0.2) is 40.5 Å². The summed E-state index contributed by atoms with van der Waals surface area (Å²) in [7, 11) is 0. The van der Waals surface area contributed by atoms with Crippen molar-refractivity contribution in [2.24, 2.45) is 5.92 Å². The van der Waals surface area contributed by atoms with E-state index in [0.717, 1.165) is 22.6 Å². The minimum Gasteiger partial charge on any atom is -0.392 e. The molecule has 2 bridgehead atoms. The normalized spacial score (nSPS) is 22.2. The molecule has 0 unspecified atom stereocenters. The van der Waals surface area contributed by atoms with E-state index >= 15 is 0 Å². The fourth-order valence-electron chi connectivity index (χ4n) is 3.90. The van der Waals surface area contributed by atoms with E-state index in [1.807, 2.05) is 39.1 Å². The monoisotopic (exact) mass is 356 g/mol. The van der Waals surface area contributed by atoms with Crippen LogP contribution in [0.3, 0.4) is 0 Å². The third-order valence-corrected chi connectivity index (χ3v) is 5.98. The van der Waals surface area contributed by atoms with Gasteiger partial charge in [0.25, 0.3) is 5.56 Å². The zero-order valence-electron chi connectivity index (χ0n) is 13.8. The highest BCUT2D eigenvalue weighted by molar-refractivity contribution is 7.11. The first-order chi connectivity index (χ1) is 12.1. The Balaban J connectivity index is 1.50. The lowest BCUT2D eigenvalue weighted by Gasteiger charge is -2.42. The number of amides is 1. The van der Waals surface area contributed by atoms with Gasteiger partial charge in [-0.2, -0.15) is 0 Å². The molecule has 0 aliphatic carbocycles. The molecule has 4 heterocycles. The maximum atomic E-state index is 12.6. The minimum absolute atomic E-state index is 0.0142. The highest BCUT2D eigenvalue weighted by Crippen LogP contribution is 2.35. The van der Waals surface area contributed by atoms with E-state index < -0.39 is 0 Å². The quantitative estimate of drug-likeness (QED) is 0.857. The Kier molecular flexibility index (Phi) is 4.31. The van der Waals surface area contributed by atoms with E-state index in [1.54, 1.807) is 12.1 Å². The molecular weight excluding hydrogens is 336 g/mol. The van der Waals surface area contributed by atoms with Crippen LogP contribution in [0, 0.1) is 5.92 Å².